The van der Waals surface area contributed by atoms with Gasteiger partial charge in [-0.1, -0.05) is 18.9 Å². The van der Waals surface area contributed by atoms with Gasteiger partial charge in [-0.3, -0.25) is 9.89 Å². The lowest BCUT2D eigenvalue weighted by atomic mass is 10.1. The number of aromatic nitrogens is 2. The number of fused-ring (bicyclic) bond motifs is 1. The molecular formula is C16H22N4O. The number of rotatable bonds is 5. The summed E-state index contributed by atoms with van der Waals surface area (Å²) in [4.78, 5) is 14.5. The summed E-state index contributed by atoms with van der Waals surface area (Å²) in [6.45, 7) is 1.59. The second-order valence-electron chi connectivity index (χ2n) is 5.85. The number of benzene rings is 1. The second-order valence-corrected chi connectivity index (χ2v) is 5.85. The molecule has 0 aliphatic heterocycles. The van der Waals surface area contributed by atoms with Crippen molar-refractivity contribution in [3.05, 3.63) is 30.0 Å². The predicted molar refractivity (Wildman–Crippen MR) is 83.3 cm³/mol. The van der Waals surface area contributed by atoms with Crippen molar-refractivity contribution in [2.75, 3.05) is 20.1 Å². The molecule has 112 valence electrons. The molecule has 5 heteroatoms. The molecule has 2 N–H and O–H groups in total. The van der Waals surface area contributed by atoms with Gasteiger partial charge in [-0.2, -0.15) is 5.10 Å². The van der Waals surface area contributed by atoms with E-state index < -0.39 is 0 Å². The maximum atomic E-state index is 12.1. The highest BCUT2D eigenvalue weighted by atomic mass is 16.1. The number of H-pyrrole nitrogens is 1. The number of hydrogen-bond donors (Lipinski definition) is 2. The van der Waals surface area contributed by atoms with Crippen molar-refractivity contribution in [3.8, 4) is 0 Å². The Labute approximate surface area is 124 Å². The Morgan fingerprint density at radius 2 is 2.24 bits per heavy atom. The van der Waals surface area contributed by atoms with Gasteiger partial charge in [-0.05, 0) is 32.0 Å². The molecule has 1 aromatic heterocycles. The molecule has 21 heavy (non-hydrogen) atoms. The first-order valence-electron chi connectivity index (χ1n) is 7.65. The summed E-state index contributed by atoms with van der Waals surface area (Å²) in [7, 11) is 2.15. The highest BCUT2D eigenvalue weighted by Gasteiger charge is 2.19. The highest BCUT2D eigenvalue weighted by molar-refractivity contribution is 5.97. The second kappa shape index (κ2) is 6.26. The molecule has 0 radical (unpaired) electrons. The molecule has 0 saturated heterocycles. The lowest BCUT2D eigenvalue weighted by molar-refractivity contribution is 0.0947. The van der Waals surface area contributed by atoms with Crippen molar-refractivity contribution in [1.82, 2.24) is 20.4 Å². The van der Waals surface area contributed by atoms with Crippen LogP contribution in [0.3, 0.4) is 0 Å². The summed E-state index contributed by atoms with van der Waals surface area (Å²) in [6, 6.07) is 6.30. The molecule has 0 unspecified atom stereocenters. The molecule has 1 amide bonds. The summed E-state index contributed by atoms with van der Waals surface area (Å²) in [5.74, 6) is -0.0219. The minimum absolute atomic E-state index is 0.0219. The van der Waals surface area contributed by atoms with Crippen LogP contribution in [0.4, 0.5) is 0 Å². The van der Waals surface area contributed by atoms with Crippen LogP contribution < -0.4 is 5.32 Å². The van der Waals surface area contributed by atoms with E-state index in [1.807, 2.05) is 18.2 Å². The Kier molecular flexibility index (Phi) is 4.20. The van der Waals surface area contributed by atoms with Gasteiger partial charge in [0.1, 0.15) is 0 Å². The quantitative estimate of drug-likeness (QED) is 0.885. The van der Waals surface area contributed by atoms with Crippen molar-refractivity contribution in [3.63, 3.8) is 0 Å². The molecule has 2 aromatic rings. The van der Waals surface area contributed by atoms with Crippen LogP contribution in [0.15, 0.2) is 24.4 Å². The van der Waals surface area contributed by atoms with Crippen LogP contribution in [0.25, 0.3) is 10.9 Å². The van der Waals surface area contributed by atoms with E-state index in [-0.39, 0.29) is 5.91 Å². The van der Waals surface area contributed by atoms with Gasteiger partial charge in [0, 0.05) is 30.1 Å². The number of carbonyl (C=O) groups excluding carboxylic acids is 1. The number of nitrogens with one attached hydrogen (secondary N) is 2. The van der Waals surface area contributed by atoms with Gasteiger partial charge in [0.15, 0.2) is 0 Å². The SMILES string of the molecule is CN(CCNC(=O)c1ccc2cn[nH]c2c1)C1CCCC1. The highest BCUT2D eigenvalue weighted by Crippen LogP contribution is 2.21. The third-order valence-electron chi connectivity index (χ3n) is 4.40. The van der Waals surface area contributed by atoms with Gasteiger partial charge in [-0.15, -0.1) is 0 Å². The molecule has 0 spiro atoms. The molecule has 1 heterocycles. The van der Waals surface area contributed by atoms with E-state index in [0.717, 1.165) is 17.4 Å². The Morgan fingerprint density at radius 3 is 3.05 bits per heavy atom. The maximum absolute atomic E-state index is 12.1. The molecule has 5 nitrogen and oxygen atoms in total. The number of carbonyl (C=O) groups is 1. The smallest absolute Gasteiger partial charge is 0.251 e. The summed E-state index contributed by atoms with van der Waals surface area (Å²) in [6.07, 6.45) is 7.02. The Morgan fingerprint density at radius 1 is 1.43 bits per heavy atom. The third-order valence-corrected chi connectivity index (χ3v) is 4.40. The van der Waals surface area contributed by atoms with E-state index in [1.165, 1.54) is 25.7 Å². The molecule has 1 saturated carbocycles. The number of hydrogen-bond acceptors (Lipinski definition) is 3. The fraction of sp³-hybridized carbons (Fsp3) is 0.500. The fourth-order valence-electron chi connectivity index (χ4n) is 3.05. The van der Waals surface area contributed by atoms with Gasteiger partial charge in [0.05, 0.1) is 11.7 Å². The first-order chi connectivity index (χ1) is 10.2. The van der Waals surface area contributed by atoms with Crippen LogP contribution in [0, 0.1) is 0 Å². The summed E-state index contributed by atoms with van der Waals surface area (Å²) in [5.41, 5.74) is 1.57. The van der Waals surface area contributed by atoms with E-state index in [2.05, 4.69) is 27.5 Å². The van der Waals surface area contributed by atoms with Crippen molar-refractivity contribution in [2.45, 2.75) is 31.7 Å². The average Bonchev–Trinajstić information content (AvgIpc) is 3.17. The average molecular weight is 286 g/mol. The number of likely N-dealkylation sites (N-methyl/N-ethyl adjacent to an activating group) is 1. The van der Waals surface area contributed by atoms with Gasteiger partial charge in [0.2, 0.25) is 0 Å². The largest absolute Gasteiger partial charge is 0.351 e. The van der Waals surface area contributed by atoms with Crippen LogP contribution in [0.2, 0.25) is 0 Å². The molecule has 1 aliphatic carbocycles. The molecule has 1 aromatic carbocycles. The minimum Gasteiger partial charge on any atom is -0.351 e. The third kappa shape index (κ3) is 3.24. The van der Waals surface area contributed by atoms with Crippen LogP contribution in [0.1, 0.15) is 36.0 Å². The molecule has 0 bridgehead atoms. The fourth-order valence-corrected chi connectivity index (χ4v) is 3.05. The number of aromatic amines is 1. The lowest BCUT2D eigenvalue weighted by Crippen LogP contribution is -2.37. The molecular weight excluding hydrogens is 264 g/mol. The van der Waals surface area contributed by atoms with Gasteiger partial charge < -0.3 is 10.2 Å². The first kappa shape index (κ1) is 14.1. The number of nitrogens with zero attached hydrogens (tertiary/aromatic N) is 2. The zero-order valence-electron chi connectivity index (χ0n) is 12.4. The topological polar surface area (TPSA) is 61.0 Å². The van der Waals surface area contributed by atoms with E-state index in [4.69, 9.17) is 0 Å². The van der Waals surface area contributed by atoms with Crippen molar-refractivity contribution < 1.29 is 4.79 Å². The van der Waals surface area contributed by atoms with Gasteiger partial charge >= 0.3 is 0 Å². The van der Waals surface area contributed by atoms with Gasteiger partial charge in [0.25, 0.3) is 5.91 Å². The number of amides is 1. The van der Waals surface area contributed by atoms with Crippen molar-refractivity contribution in [1.29, 1.82) is 0 Å². The standard InChI is InChI=1S/C16H22N4O/c1-20(14-4-2-3-5-14)9-8-17-16(21)12-6-7-13-11-18-19-15(13)10-12/h6-7,10-11,14H,2-5,8-9H2,1H3,(H,17,21)(H,18,19). The van der Waals surface area contributed by atoms with E-state index >= 15 is 0 Å². The van der Waals surface area contributed by atoms with E-state index in [9.17, 15) is 4.79 Å². The van der Waals surface area contributed by atoms with Crippen LogP contribution in [-0.4, -0.2) is 47.2 Å². The van der Waals surface area contributed by atoms with Gasteiger partial charge in [-0.25, -0.2) is 0 Å². The van der Waals surface area contributed by atoms with Crippen LogP contribution in [0.5, 0.6) is 0 Å². The zero-order chi connectivity index (χ0) is 14.7. The van der Waals surface area contributed by atoms with E-state index in [0.29, 0.717) is 18.2 Å². The monoisotopic (exact) mass is 286 g/mol. The van der Waals surface area contributed by atoms with Crippen molar-refractivity contribution in [2.24, 2.45) is 0 Å². The lowest BCUT2D eigenvalue weighted by Gasteiger charge is -2.23. The maximum Gasteiger partial charge on any atom is 0.251 e. The first-order valence-corrected chi connectivity index (χ1v) is 7.65. The summed E-state index contributed by atoms with van der Waals surface area (Å²) < 4.78 is 0. The minimum atomic E-state index is -0.0219. The Balaban J connectivity index is 1.51. The molecule has 3 rings (SSSR count). The molecule has 0 atom stereocenters. The zero-order valence-corrected chi connectivity index (χ0v) is 12.4. The summed E-state index contributed by atoms with van der Waals surface area (Å²) in [5, 5.41) is 10.9. The van der Waals surface area contributed by atoms with Crippen molar-refractivity contribution >= 4 is 16.8 Å². The molecule has 1 fully saturated rings. The summed E-state index contributed by atoms with van der Waals surface area (Å²) >= 11 is 0. The van der Waals surface area contributed by atoms with Crippen LogP contribution >= 0.6 is 0 Å². The van der Waals surface area contributed by atoms with Crippen LogP contribution in [-0.2, 0) is 0 Å². The Bertz CT molecular complexity index is 616. The Hall–Kier alpha value is -1.88. The normalized spacial score (nSPS) is 15.9. The molecule has 1 aliphatic rings. The predicted octanol–water partition coefficient (Wildman–Crippen LogP) is 2.17. The van der Waals surface area contributed by atoms with E-state index in [1.54, 1.807) is 6.20 Å².